The third kappa shape index (κ3) is 1.72. The van der Waals surface area contributed by atoms with Crippen LogP contribution in [-0.4, -0.2) is 14.5 Å². The standard InChI is InChI=1S/C22H13Br2ClN2O/c23-18-16-10-5-1-3-7-13(10)26-15-9-12(25)22(28-15)27-14-8-4-2-6-11(14)17(19(18)24)21(27)20(16)26/h1-8,12,15,22H,9H2/t12?,15-,22?/m0/s1. The Bertz CT molecular complexity index is 1480. The molecule has 3 nitrogen and oxygen atoms in total. The normalized spacial score (nSPS) is 23.6. The van der Waals surface area contributed by atoms with Crippen LogP contribution in [0.5, 0.6) is 0 Å². The summed E-state index contributed by atoms with van der Waals surface area (Å²) in [5.74, 6) is 0. The van der Waals surface area contributed by atoms with Crippen molar-refractivity contribution in [1.29, 1.82) is 0 Å². The number of fused-ring (bicyclic) bond motifs is 10. The van der Waals surface area contributed by atoms with Crippen molar-refractivity contribution in [3.63, 3.8) is 0 Å². The minimum atomic E-state index is -0.177. The maximum absolute atomic E-state index is 6.84. The molecule has 1 fully saturated rings. The van der Waals surface area contributed by atoms with Crippen LogP contribution in [0.1, 0.15) is 18.9 Å². The monoisotopic (exact) mass is 514 g/mol. The van der Waals surface area contributed by atoms with Crippen molar-refractivity contribution >= 4 is 87.1 Å². The van der Waals surface area contributed by atoms with Gasteiger partial charge in [-0.3, -0.25) is 0 Å². The molecule has 0 amide bonds. The Balaban J connectivity index is 1.91. The van der Waals surface area contributed by atoms with Crippen LogP contribution in [0.3, 0.4) is 0 Å². The van der Waals surface area contributed by atoms with E-state index in [0.717, 1.165) is 20.9 Å². The molecule has 5 aromatic rings. The van der Waals surface area contributed by atoms with Crippen LogP contribution in [0, 0.1) is 0 Å². The molecule has 3 atom stereocenters. The summed E-state index contributed by atoms with van der Waals surface area (Å²) in [6.07, 6.45) is 0.551. The number of aromatic nitrogens is 2. The first-order valence-electron chi connectivity index (χ1n) is 9.28. The highest BCUT2D eigenvalue weighted by atomic mass is 79.9. The fourth-order valence-electron chi connectivity index (χ4n) is 5.22. The van der Waals surface area contributed by atoms with Crippen LogP contribution >= 0.6 is 43.5 Å². The number of hydrogen-bond acceptors (Lipinski definition) is 1. The molecule has 6 heteroatoms. The van der Waals surface area contributed by atoms with E-state index in [4.69, 9.17) is 16.3 Å². The van der Waals surface area contributed by atoms with Crippen LogP contribution in [-0.2, 0) is 4.74 Å². The first-order valence-corrected chi connectivity index (χ1v) is 11.3. The second-order valence-corrected chi connectivity index (χ2v) is 9.73. The van der Waals surface area contributed by atoms with Crippen molar-refractivity contribution in [2.75, 3.05) is 0 Å². The summed E-state index contributed by atoms with van der Waals surface area (Å²) >= 11 is 14.7. The molecule has 3 aromatic carbocycles. The number of alkyl halides is 1. The van der Waals surface area contributed by atoms with Gasteiger partial charge in [-0.1, -0.05) is 36.4 Å². The summed E-state index contributed by atoms with van der Waals surface area (Å²) in [7, 11) is 0. The fourth-order valence-corrected chi connectivity index (χ4v) is 6.74. The lowest BCUT2D eigenvalue weighted by molar-refractivity contribution is -0.0221. The van der Waals surface area contributed by atoms with E-state index in [9.17, 15) is 0 Å². The van der Waals surface area contributed by atoms with E-state index in [1.807, 2.05) is 0 Å². The van der Waals surface area contributed by atoms with Gasteiger partial charge < -0.3 is 13.9 Å². The number of halogens is 3. The van der Waals surface area contributed by atoms with E-state index in [1.54, 1.807) is 0 Å². The number of benzene rings is 3. The fraction of sp³-hybridized carbons (Fsp3) is 0.182. The van der Waals surface area contributed by atoms with Gasteiger partial charge in [0.25, 0.3) is 0 Å². The number of nitrogens with zero attached hydrogens (tertiary/aromatic N) is 2. The Morgan fingerprint density at radius 1 is 0.821 bits per heavy atom. The molecule has 2 aliphatic heterocycles. The molecule has 2 aliphatic rings. The third-order valence-electron chi connectivity index (χ3n) is 6.25. The van der Waals surface area contributed by atoms with Crippen molar-refractivity contribution < 1.29 is 4.74 Å². The molecule has 28 heavy (non-hydrogen) atoms. The summed E-state index contributed by atoms with van der Waals surface area (Å²) in [5, 5.41) is 4.79. The van der Waals surface area contributed by atoms with Gasteiger partial charge in [-0.2, -0.15) is 0 Å². The molecule has 2 aromatic heterocycles. The van der Waals surface area contributed by atoms with Crippen molar-refractivity contribution in [2.45, 2.75) is 24.3 Å². The zero-order valence-corrected chi connectivity index (χ0v) is 18.4. The van der Waals surface area contributed by atoms with E-state index < -0.39 is 0 Å². The minimum Gasteiger partial charge on any atom is -0.333 e. The quantitative estimate of drug-likeness (QED) is 0.196. The molecule has 138 valence electrons. The Labute approximate surface area is 182 Å². The third-order valence-corrected chi connectivity index (χ3v) is 8.76. The van der Waals surface area contributed by atoms with Crippen molar-refractivity contribution in [3.8, 4) is 0 Å². The SMILES string of the molecule is ClC1C[C@@H]2OC1n1c3ccccc3c3c(Br)c(Br)c4c5ccccc5n2c4c31. The number of rotatable bonds is 0. The highest BCUT2D eigenvalue weighted by Gasteiger charge is 2.42. The highest BCUT2D eigenvalue weighted by molar-refractivity contribution is 9.13. The number of hydrogen-bond donors (Lipinski definition) is 0. The zero-order valence-electron chi connectivity index (χ0n) is 14.5. The molecule has 2 bridgehead atoms. The van der Waals surface area contributed by atoms with Gasteiger partial charge in [-0.05, 0) is 44.0 Å². The topological polar surface area (TPSA) is 19.1 Å². The molecule has 0 aliphatic carbocycles. The molecule has 0 radical (unpaired) electrons. The molecular weight excluding hydrogens is 504 g/mol. The summed E-state index contributed by atoms with van der Waals surface area (Å²) in [6, 6.07) is 17.1. The van der Waals surface area contributed by atoms with Crippen molar-refractivity contribution in [2.24, 2.45) is 0 Å². The minimum absolute atomic E-state index is 0.0650. The molecule has 2 unspecified atom stereocenters. The Morgan fingerprint density at radius 3 is 2.00 bits per heavy atom. The first kappa shape index (κ1) is 16.3. The van der Waals surface area contributed by atoms with Gasteiger partial charge in [-0.15, -0.1) is 11.6 Å². The predicted octanol–water partition coefficient (Wildman–Crippen LogP) is 7.47. The molecule has 0 spiro atoms. The lowest BCUT2D eigenvalue weighted by Gasteiger charge is -2.17. The average molecular weight is 517 g/mol. The average Bonchev–Trinajstić information content (AvgIpc) is 3.31. The predicted molar refractivity (Wildman–Crippen MR) is 121 cm³/mol. The van der Waals surface area contributed by atoms with Gasteiger partial charge in [0.2, 0.25) is 0 Å². The molecule has 7 rings (SSSR count). The Hall–Kier alpha value is -1.53. The van der Waals surface area contributed by atoms with Gasteiger partial charge in [0, 0.05) is 36.9 Å². The maximum atomic E-state index is 6.84. The Morgan fingerprint density at radius 2 is 1.36 bits per heavy atom. The lowest BCUT2D eigenvalue weighted by Crippen LogP contribution is -2.15. The highest BCUT2D eigenvalue weighted by Crippen LogP contribution is 2.54. The zero-order chi connectivity index (χ0) is 18.7. The Kier molecular flexibility index (Phi) is 3.10. The van der Waals surface area contributed by atoms with Crippen LogP contribution in [0.25, 0.3) is 43.6 Å². The van der Waals surface area contributed by atoms with Crippen molar-refractivity contribution in [1.82, 2.24) is 9.13 Å². The van der Waals surface area contributed by atoms with Gasteiger partial charge in [0.1, 0.15) is 6.23 Å². The lowest BCUT2D eigenvalue weighted by atomic mass is 10.1. The van der Waals surface area contributed by atoms with E-state index >= 15 is 0 Å². The smallest absolute Gasteiger partial charge is 0.153 e. The molecule has 1 saturated heterocycles. The van der Waals surface area contributed by atoms with Crippen LogP contribution < -0.4 is 0 Å². The van der Waals surface area contributed by atoms with E-state index in [-0.39, 0.29) is 17.8 Å². The number of ether oxygens (including phenoxy) is 1. The molecule has 0 N–H and O–H groups in total. The van der Waals surface area contributed by atoms with Gasteiger partial charge in [0.15, 0.2) is 6.23 Å². The largest absolute Gasteiger partial charge is 0.333 e. The summed E-state index contributed by atoms with van der Waals surface area (Å²) in [6.45, 7) is 0. The van der Waals surface area contributed by atoms with E-state index in [1.165, 1.54) is 38.1 Å². The van der Waals surface area contributed by atoms with Crippen molar-refractivity contribution in [3.05, 3.63) is 57.5 Å². The van der Waals surface area contributed by atoms with E-state index in [0.29, 0.717) is 0 Å². The van der Waals surface area contributed by atoms with Gasteiger partial charge in [-0.25, -0.2) is 0 Å². The maximum Gasteiger partial charge on any atom is 0.153 e. The molecular formula is C22H13Br2ClN2O. The molecule has 0 saturated carbocycles. The number of para-hydroxylation sites is 2. The van der Waals surface area contributed by atoms with Crippen LogP contribution in [0.4, 0.5) is 0 Å². The van der Waals surface area contributed by atoms with Gasteiger partial charge in [0.05, 0.1) is 27.4 Å². The second-order valence-electron chi connectivity index (χ2n) is 7.58. The first-order chi connectivity index (χ1) is 13.7. The van der Waals surface area contributed by atoms with Crippen LogP contribution in [0.2, 0.25) is 0 Å². The second kappa shape index (κ2) is 5.33. The molecule has 4 heterocycles. The summed E-state index contributed by atoms with van der Waals surface area (Å²) in [5.41, 5.74) is 4.76. The van der Waals surface area contributed by atoms with Crippen LogP contribution in [0.15, 0.2) is 57.5 Å². The van der Waals surface area contributed by atoms with Gasteiger partial charge >= 0.3 is 0 Å². The summed E-state index contributed by atoms with van der Waals surface area (Å²) in [4.78, 5) is 0. The van der Waals surface area contributed by atoms with E-state index in [2.05, 4.69) is 89.5 Å². The summed E-state index contributed by atoms with van der Waals surface area (Å²) < 4.78 is 13.4.